The van der Waals surface area contributed by atoms with Crippen molar-refractivity contribution in [3.05, 3.63) is 36.0 Å². The molecule has 0 spiro atoms. The third-order valence-electron chi connectivity index (χ3n) is 3.45. The molecule has 0 saturated heterocycles. The molecule has 0 N–H and O–H groups in total. The summed E-state index contributed by atoms with van der Waals surface area (Å²) in [6, 6.07) is 9.61. The number of rotatable bonds is 1. The summed E-state index contributed by atoms with van der Waals surface area (Å²) in [5.74, 6) is 0. The fraction of sp³-hybridized carbons (Fsp3) is 0.467. The smallest absolute Gasteiger partial charge is 0.0485 e. The van der Waals surface area contributed by atoms with E-state index in [2.05, 4.69) is 42.0 Å². The van der Waals surface area contributed by atoms with Crippen LogP contribution in [0.1, 0.15) is 44.7 Å². The highest BCUT2D eigenvalue weighted by Gasteiger charge is 2.20. The number of hydrogen-bond acceptors (Lipinski definition) is 0. The summed E-state index contributed by atoms with van der Waals surface area (Å²) in [4.78, 5) is 0. The van der Waals surface area contributed by atoms with Gasteiger partial charge in [0.2, 0.25) is 0 Å². The molecule has 3 rings (SSSR count). The molecule has 0 unspecified atom stereocenters. The number of aryl methyl sites for hydroxylation is 1. The molecule has 1 nitrogen and oxygen atoms in total. The zero-order valence-electron chi connectivity index (χ0n) is 10.5. The average molecular weight is 215 g/mol. The monoisotopic (exact) mass is 215 g/mol. The molecular formula is C15H21N. The Hall–Kier alpha value is -1.24. The standard InChI is InChI=1S/C13H15N.C2H6/c1-10-4-2-7-13-12(10)8-9-14(13)11-5-3-6-11;1-2/h2,4,7-9,11H,3,5-6H2,1H3;1-2H3. The summed E-state index contributed by atoms with van der Waals surface area (Å²) in [5, 5.41) is 1.42. The van der Waals surface area contributed by atoms with Gasteiger partial charge >= 0.3 is 0 Å². The van der Waals surface area contributed by atoms with Gasteiger partial charge in [0.05, 0.1) is 0 Å². The zero-order chi connectivity index (χ0) is 11.5. The maximum Gasteiger partial charge on any atom is 0.0485 e. The molecule has 1 fully saturated rings. The number of hydrogen-bond donors (Lipinski definition) is 0. The fourth-order valence-electron chi connectivity index (χ4n) is 2.33. The van der Waals surface area contributed by atoms with Crippen LogP contribution < -0.4 is 0 Å². The third kappa shape index (κ3) is 1.75. The van der Waals surface area contributed by atoms with E-state index in [4.69, 9.17) is 0 Å². The van der Waals surface area contributed by atoms with Gasteiger partial charge < -0.3 is 4.57 Å². The van der Waals surface area contributed by atoms with Gasteiger partial charge in [0.25, 0.3) is 0 Å². The Bertz CT molecular complexity index is 463. The Morgan fingerprint density at radius 1 is 1.12 bits per heavy atom. The second-order valence-corrected chi connectivity index (χ2v) is 4.32. The highest BCUT2D eigenvalue weighted by molar-refractivity contribution is 5.83. The summed E-state index contributed by atoms with van der Waals surface area (Å²) < 4.78 is 2.45. The molecule has 0 radical (unpaired) electrons. The summed E-state index contributed by atoms with van der Waals surface area (Å²) in [6.45, 7) is 6.19. The lowest BCUT2D eigenvalue weighted by molar-refractivity contribution is 0.321. The number of aromatic nitrogens is 1. The fourth-order valence-corrected chi connectivity index (χ4v) is 2.33. The van der Waals surface area contributed by atoms with E-state index in [0.717, 1.165) is 6.04 Å². The molecule has 0 bridgehead atoms. The first-order chi connectivity index (χ1) is 7.86. The normalized spacial score (nSPS) is 15.4. The first kappa shape index (κ1) is 11.3. The predicted octanol–water partition coefficient (Wildman–Crippen LogP) is 4.70. The molecule has 0 amide bonds. The molecule has 1 aliphatic rings. The topological polar surface area (TPSA) is 4.93 Å². The van der Waals surface area contributed by atoms with Crippen LogP contribution in [0.2, 0.25) is 0 Å². The Morgan fingerprint density at radius 2 is 1.88 bits per heavy atom. The molecule has 1 aliphatic carbocycles. The number of nitrogens with zero attached hydrogens (tertiary/aromatic N) is 1. The summed E-state index contributed by atoms with van der Waals surface area (Å²) >= 11 is 0. The molecular weight excluding hydrogens is 194 g/mol. The number of fused-ring (bicyclic) bond motifs is 1. The van der Waals surface area contributed by atoms with Crippen molar-refractivity contribution in [2.24, 2.45) is 0 Å². The van der Waals surface area contributed by atoms with E-state index in [0.29, 0.717) is 0 Å². The van der Waals surface area contributed by atoms with E-state index < -0.39 is 0 Å². The Labute approximate surface area is 98.1 Å². The Morgan fingerprint density at radius 3 is 2.50 bits per heavy atom. The van der Waals surface area contributed by atoms with E-state index in [9.17, 15) is 0 Å². The molecule has 1 aromatic heterocycles. The van der Waals surface area contributed by atoms with Crippen LogP contribution in [0.25, 0.3) is 10.9 Å². The van der Waals surface area contributed by atoms with Gasteiger partial charge in [0.1, 0.15) is 0 Å². The molecule has 0 atom stereocenters. The Balaban J connectivity index is 0.000000457. The maximum absolute atomic E-state index is 2.45. The van der Waals surface area contributed by atoms with Gasteiger partial charge in [-0.2, -0.15) is 0 Å². The van der Waals surface area contributed by atoms with Crippen LogP contribution in [0, 0.1) is 6.92 Å². The minimum Gasteiger partial charge on any atom is -0.344 e. The molecule has 16 heavy (non-hydrogen) atoms. The summed E-state index contributed by atoms with van der Waals surface area (Å²) in [6.07, 6.45) is 6.37. The minimum atomic E-state index is 0.772. The molecule has 2 aromatic rings. The van der Waals surface area contributed by atoms with E-state index in [1.54, 1.807) is 0 Å². The summed E-state index contributed by atoms with van der Waals surface area (Å²) in [7, 11) is 0. The SMILES string of the molecule is CC.Cc1cccc2c1ccn2C1CCC1. The van der Waals surface area contributed by atoms with Gasteiger partial charge in [-0.1, -0.05) is 26.0 Å². The van der Waals surface area contributed by atoms with E-state index in [1.807, 2.05) is 13.8 Å². The number of benzene rings is 1. The van der Waals surface area contributed by atoms with Crippen LogP contribution in [-0.2, 0) is 0 Å². The lowest BCUT2D eigenvalue weighted by Gasteiger charge is -2.28. The van der Waals surface area contributed by atoms with Gasteiger partial charge in [-0.25, -0.2) is 0 Å². The van der Waals surface area contributed by atoms with Gasteiger partial charge in [0.15, 0.2) is 0 Å². The van der Waals surface area contributed by atoms with E-state index in [-0.39, 0.29) is 0 Å². The summed E-state index contributed by atoms with van der Waals surface area (Å²) in [5.41, 5.74) is 2.80. The van der Waals surface area contributed by atoms with Crippen molar-refractivity contribution >= 4 is 10.9 Å². The van der Waals surface area contributed by atoms with Crippen LogP contribution in [-0.4, -0.2) is 4.57 Å². The molecule has 0 aliphatic heterocycles. The van der Waals surface area contributed by atoms with Crippen molar-refractivity contribution in [3.63, 3.8) is 0 Å². The predicted molar refractivity (Wildman–Crippen MR) is 70.9 cm³/mol. The quantitative estimate of drug-likeness (QED) is 0.649. The van der Waals surface area contributed by atoms with E-state index >= 15 is 0 Å². The van der Waals surface area contributed by atoms with Crippen molar-refractivity contribution < 1.29 is 0 Å². The molecule has 1 aromatic carbocycles. The highest BCUT2D eigenvalue weighted by Crippen LogP contribution is 2.35. The molecule has 1 heterocycles. The Kier molecular flexibility index (Phi) is 3.33. The largest absolute Gasteiger partial charge is 0.344 e. The van der Waals surface area contributed by atoms with Gasteiger partial charge in [-0.15, -0.1) is 0 Å². The second kappa shape index (κ2) is 4.73. The third-order valence-corrected chi connectivity index (χ3v) is 3.45. The van der Waals surface area contributed by atoms with Crippen molar-refractivity contribution in [3.8, 4) is 0 Å². The first-order valence-corrected chi connectivity index (χ1v) is 6.42. The van der Waals surface area contributed by atoms with Crippen molar-refractivity contribution in [1.29, 1.82) is 0 Å². The van der Waals surface area contributed by atoms with Crippen LogP contribution in [0.3, 0.4) is 0 Å². The van der Waals surface area contributed by atoms with Gasteiger partial charge in [0, 0.05) is 23.1 Å². The lowest BCUT2D eigenvalue weighted by atomic mass is 9.93. The van der Waals surface area contributed by atoms with E-state index in [1.165, 1.54) is 35.7 Å². The average Bonchev–Trinajstić information content (AvgIpc) is 2.65. The highest BCUT2D eigenvalue weighted by atomic mass is 15.0. The molecule has 1 heteroatoms. The lowest BCUT2D eigenvalue weighted by Crippen LogP contribution is -2.15. The maximum atomic E-state index is 2.45. The van der Waals surface area contributed by atoms with Crippen LogP contribution in [0.15, 0.2) is 30.5 Å². The van der Waals surface area contributed by atoms with Crippen molar-refractivity contribution in [2.75, 3.05) is 0 Å². The van der Waals surface area contributed by atoms with Crippen molar-refractivity contribution in [2.45, 2.75) is 46.1 Å². The molecule has 1 saturated carbocycles. The van der Waals surface area contributed by atoms with Crippen molar-refractivity contribution in [1.82, 2.24) is 4.57 Å². The molecule has 86 valence electrons. The second-order valence-electron chi connectivity index (χ2n) is 4.32. The van der Waals surface area contributed by atoms with Crippen LogP contribution in [0.5, 0.6) is 0 Å². The van der Waals surface area contributed by atoms with Crippen LogP contribution >= 0.6 is 0 Å². The van der Waals surface area contributed by atoms with Gasteiger partial charge in [-0.3, -0.25) is 0 Å². The first-order valence-electron chi connectivity index (χ1n) is 6.42. The van der Waals surface area contributed by atoms with Crippen LogP contribution in [0.4, 0.5) is 0 Å². The zero-order valence-corrected chi connectivity index (χ0v) is 10.5. The minimum absolute atomic E-state index is 0.772. The van der Waals surface area contributed by atoms with Gasteiger partial charge in [-0.05, 0) is 43.9 Å².